The lowest BCUT2D eigenvalue weighted by atomic mass is 10.2. The molecule has 0 unspecified atom stereocenters. The van der Waals surface area contributed by atoms with Crippen molar-refractivity contribution in [3.05, 3.63) is 30.1 Å². The highest BCUT2D eigenvalue weighted by molar-refractivity contribution is 5.81. The van der Waals surface area contributed by atoms with Crippen LogP contribution in [0.1, 0.15) is 46.1 Å². The van der Waals surface area contributed by atoms with Gasteiger partial charge >= 0.3 is 6.09 Å². The molecule has 1 heterocycles. The maximum absolute atomic E-state index is 12.4. The topological polar surface area (TPSA) is 71.5 Å². The Labute approximate surface area is 150 Å². The maximum atomic E-state index is 12.4. The SMILES string of the molecule is C[C@@H]1C[C@@H]1C(=O)NCCCN(Cc1cccnc1)C(=O)OC(C)(C)C. The molecular weight excluding hydrogens is 318 g/mol. The van der Waals surface area contributed by atoms with Gasteiger partial charge in [-0.1, -0.05) is 13.0 Å². The molecule has 0 aliphatic heterocycles. The predicted molar refractivity (Wildman–Crippen MR) is 95.8 cm³/mol. The molecule has 1 aliphatic carbocycles. The average Bonchev–Trinajstić information content (AvgIpc) is 3.26. The summed E-state index contributed by atoms with van der Waals surface area (Å²) < 4.78 is 5.49. The average molecular weight is 347 g/mol. The number of amides is 2. The number of hydrogen-bond donors (Lipinski definition) is 1. The number of nitrogens with zero attached hydrogens (tertiary/aromatic N) is 2. The number of rotatable bonds is 7. The summed E-state index contributed by atoms with van der Waals surface area (Å²) in [5.41, 5.74) is 0.407. The zero-order valence-corrected chi connectivity index (χ0v) is 15.6. The van der Waals surface area contributed by atoms with E-state index in [1.165, 1.54) is 0 Å². The van der Waals surface area contributed by atoms with Crippen LogP contribution in [0.2, 0.25) is 0 Å². The molecule has 1 saturated carbocycles. The molecule has 0 saturated heterocycles. The normalized spacial score (nSPS) is 19.2. The van der Waals surface area contributed by atoms with Gasteiger partial charge in [0.15, 0.2) is 0 Å². The molecule has 2 atom stereocenters. The van der Waals surface area contributed by atoms with Gasteiger partial charge in [-0.3, -0.25) is 9.78 Å². The van der Waals surface area contributed by atoms with E-state index in [4.69, 9.17) is 4.74 Å². The van der Waals surface area contributed by atoms with E-state index in [0.717, 1.165) is 12.0 Å². The van der Waals surface area contributed by atoms with Crippen LogP contribution >= 0.6 is 0 Å². The summed E-state index contributed by atoms with van der Waals surface area (Å²) in [6.45, 7) is 9.16. The van der Waals surface area contributed by atoms with Gasteiger partial charge < -0.3 is 15.0 Å². The summed E-state index contributed by atoms with van der Waals surface area (Å²) in [6.07, 6.45) is 4.77. The summed E-state index contributed by atoms with van der Waals surface area (Å²) in [7, 11) is 0. The molecule has 1 aromatic rings. The molecule has 25 heavy (non-hydrogen) atoms. The molecule has 0 bridgehead atoms. The van der Waals surface area contributed by atoms with E-state index in [1.807, 2.05) is 32.9 Å². The van der Waals surface area contributed by atoms with Crippen molar-refractivity contribution in [3.63, 3.8) is 0 Å². The zero-order chi connectivity index (χ0) is 18.4. The first-order valence-corrected chi connectivity index (χ1v) is 8.91. The molecule has 6 nitrogen and oxygen atoms in total. The molecule has 6 heteroatoms. The third kappa shape index (κ3) is 6.72. The Kier molecular flexibility index (Phi) is 6.39. The summed E-state index contributed by atoms with van der Waals surface area (Å²) in [6, 6.07) is 3.78. The predicted octanol–water partition coefficient (Wildman–Crippen LogP) is 2.98. The van der Waals surface area contributed by atoms with Crippen LogP contribution in [-0.4, -0.2) is 40.6 Å². The van der Waals surface area contributed by atoms with E-state index in [0.29, 0.717) is 32.0 Å². The highest BCUT2D eigenvalue weighted by Crippen LogP contribution is 2.37. The highest BCUT2D eigenvalue weighted by Gasteiger charge is 2.38. The molecule has 1 N–H and O–H groups in total. The minimum Gasteiger partial charge on any atom is -0.444 e. The van der Waals surface area contributed by atoms with Gasteiger partial charge in [-0.2, -0.15) is 0 Å². The zero-order valence-electron chi connectivity index (χ0n) is 15.6. The van der Waals surface area contributed by atoms with Crippen molar-refractivity contribution in [1.82, 2.24) is 15.2 Å². The molecule has 1 fully saturated rings. The smallest absolute Gasteiger partial charge is 0.410 e. The molecular formula is C19H29N3O3. The first kappa shape index (κ1) is 19.2. The van der Waals surface area contributed by atoms with Crippen LogP contribution in [0.25, 0.3) is 0 Å². The fraction of sp³-hybridized carbons (Fsp3) is 0.632. The fourth-order valence-corrected chi connectivity index (χ4v) is 2.57. The molecule has 0 spiro atoms. The van der Waals surface area contributed by atoms with Gasteiger partial charge in [-0.05, 0) is 51.2 Å². The van der Waals surface area contributed by atoms with Gasteiger partial charge in [0, 0.05) is 31.4 Å². The quantitative estimate of drug-likeness (QED) is 0.770. The largest absolute Gasteiger partial charge is 0.444 e. The number of hydrogen-bond acceptors (Lipinski definition) is 4. The van der Waals surface area contributed by atoms with Crippen LogP contribution in [0.15, 0.2) is 24.5 Å². The van der Waals surface area contributed by atoms with Gasteiger partial charge in [0.1, 0.15) is 5.60 Å². The van der Waals surface area contributed by atoms with Crippen LogP contribution in [0, 0.1) is 11.8 Å². The van der Waals surface area contributed by atoms with Crippen molar-refractivity contribution in [2.75, 3.05) is 13.1 Å². The van der Waals surface area contributed by atoms with Crippen molar-refractivity contribution in [2.24, 2.45) is 11.8 Å². The second-order valence-corrected chi connectivity index (χ2v) is 7.73. The van der Waals surface area contributed by atoms with Crippen LogP contribution in [0.5, 0.6) is 0 Å². The highest BCUT2D eigenvalue weighted by atomic mass is 16.6. The van der Waals surface area contributed by atoms with Gasteiger partial charge in [-0.15, -0.1) is 0 Å². The second kappa shape index (κ2) is 8.32. The first-order chi connectivity index (χ1) is 11.8. The van der Waals surface area contributed by atoms with Crippen LogP contribution in [0.3, 0.4) is 0 Å². The van der Waals surface area contributed by atoms with Gasteiger partial charge in [0.25, 0.3) is 0 Å². The molecule has 2 amide bonds. The van der Waals surface area contributed by atoms with E-state index in [1.54, 1.807) is 17.3 Å². The summed E-state index contributed by atoms with van der Waals surface area (Å²) in [5.74, 6) is 0.810. The third-order valence-electron chi connectivity index (χ3n) is 4.10. The van der Waals surface area contributed by atoms with Crippen LogP contribution in [0.4, 0.5) is 4.79 Å². The Balaban J connectivity index is 1.85. The number of nitrogens with one attached hydrogen (secondary N) is 1. The lowest BCUT2D eigenvalue weighted by Crippen LogP contribution is -2.38. The monoisotopic (exact) mass is 347 g/mol. The number of aromatic nitrogens is 1. The number of ether oxygens (including phenoxy) is 1. The fourth-order valence-electron chi connectivity index (χ4n) is 2.57. The van der Waals surface area contributed by atoms with E-state index in [2.05, 4.69) is 17.2 Å². The number of carbonyl (C=O) groups excluding carboxylic acids is 2. The molecule has 1 aromatic heterocycles. The molecule has 138 valence electrons. The summed E-state index contributed by atoms with van der Waals surface area (Å²) >= 11 is 0. The molecule has 2 rings (SSSR count). The maximum Gasteiger partial charge on any atom is 0.410 e. The number of carbonyl (C=O) groups is 2. The van der Waals surface area contributed by atoms with Gasteiger partial charge in [0.05, 0.1) is 6.54 Å². The van der Waals surface area contributed by atoms with Crippen molar-refractivity contribution < 1.29 is 14.3 Å². The Hall–Kier alpha value is -2.11. The standard InChI is InChI=1S/C19H29N3O3/c1-14-11-16(14)17(23)21-9-6-10-22(18(24)25-19(2,3)4)13-15-7-5-8-20-12-15/h5,7-8,12,14,16H,6,9-11,13H2,1-4H3,(H,21,23)/t14-,16+/m1/s1. The van der Waals surface area contributed by atoms with Gasteiger partial charge in [0.2, 0.25) is 5.91 Å². The van der Waals surface area contributed by atoms with Gasteiger partial charge in [-0.25, -0.2) is 4.79 Å². The number of pyridine rings is 1. The molecule has 0 aromatic carbocycles. The van der Waals surface area contributed by atoms with Crippen molar-refractivity contribution in [2.45, 2.75) is 52.7 Å². The van der Waals surface area contributed by atoms with E-state index >= 15 is 0 Å². The Morgan fingerprint density at radius 2 is 2.12 bits per heavy atom. The van der Waals surface area contributed by atoms with Crippen molar-refractivity contribution >= 4 is 12.0 Å². The molecule has 0 radical (unpaired) electrons. The summed E-state index contributed by atoms with van der Waals surface area (Å²) in [4.78, 5) is 30.0. The van der Waals surface area contributed by atoms with Crippen LogP contribution < -0.4 is 5.32 Å². The second-order valence-electron chi connectivity index (χ2n) is 7.73. The van der Waals surface area contributed by atoms with Crippen LogP contribution in [-0.2, 0) is 16.1 Å². The van der Waals surface area contributed by atoms with E-state index < -0.39 is 5.60 Å². The third-order valence-corrected chi connectivity index (χ3v) is 4.10. The minimum atomic E-state index is -0.541. The Bertz CT molecular complexity index is 583. The van der Waals surface area contributed by atoms with E-state index in [-0.39, 0.29) is 17.9 Å². The minimum absolute atomic E-state index is 0.128. The Morgan fingerprint density at radius 1 is 1.40 bits per heavy atom. The lowest BCUT2D eigenvalue weighted by molar-refractivity contribution is -0.122. The molecule has 1 aliphatic rings. The van der Waals surface area contributed by atoms with E-state index in [9.17, 15) is 9.59 Å². The van der Waals surface area contributed by atoms with Crippen molar-refractivity contribution in [3.8, 4) is 0 Å². The summed E-state index contributed by atoms with van der Waals surface area (Å²) in [5, 5.41) is 2.95. The first-order valence-electron chi connectivity index (χ1n) is 8.91. The lowest BCUT2D eigenvalue weighted by Gasteiger charge is -2.27. The Morgan fingerprint density at radius 3 is 2.68 bits per heavy atom. The van der Waals surface area contributed by atoms with Crippen molar-refractivity contribution in [1.29, 1.82) is 0 Å².